The summed E-state index contributed by atoms with van der Waals surface area (Å²) in [6.07, 6.45) is 1.19. The van der Waals surface area contributed by atoms with Crippen LogP contribution in [0.4, 0.5) is 0 Å². The predicted molar refractivity (Wildman–Crippen MR) is 78.3 cm³/mol. The second-order valence-electron chi connectivity index (χ2n) is 4.57. The van der Waals surface area contributed by atoms with E-state index in [4.69, 9.17) is 0 Å². The average Bonchev–Trinajstić information content (AvgIpc) is 2.95. The first kappa shape index (κ1) is 12.2. The normalized spacial score (nSPS) is 17.9. The van der Waals surface area contributed by atoms with Crippen LogP contribution < -0.4 is 5.32 Å². The lowest BCUT2D eigenvalue weighted by Crippen LogP contribution is -2.23. The third-order valence-electron chi connectivity index (χ3n) is 3.03. The highest BCUT2D eigenvalue weighted by Gasteiger charge is 2.21. The van der Waals surface area contributed by atoms with Gasteiger partial charge in [-0.3, -0.25) is 0 Å². The molecule has 1 aromatic heterocycles. The summed E-state index contributed by atoms with van der Waals surface area (Å²) >= 11 is 3.74. The van der Waals surface area contributed by atoms with Crippen molar-refractivity contribution in [2.75, 3.05) is 6.54 Å². The van der Waals surface area contributed by atoms with Crippen molar-refractivity contribution in [3.05, 3.63) is 45.9 Å². The molecule has 0 saturated carbocycles. The maximum Gasteiger partial charge on any atom is 0.107 e. The molecule has 0 spiro atoms. The minimum Gasteiger partial charge on any atom is -0.309 e. The van der Waals surface area contributed by atoms with Gasteiger partial charge in [0.1, 0.15) is 5.01 Å². The predicted octanol–water partition coefficient (Wildman–Crippen LogP) is 3.26. The molecule has 1 aliphatic heterocycles. The summed E-state index contributed by atoms with van der Waals surface area (Å²) < 4.78 is 0. The maximum absolute atomic E-state index is 4.46. The number of thioether (sulfide) groups is 1. The van der Waals surface area contributed by atoms with E-state index in [0.717, 1.165) is 18.8 Å². The van der Waals surface area contributed by atoms with Crippen LogP contribution in [0.25, 0.3) is 0 Å². The summed E-state index contributed by atoms with van der Waals surface area (Å²) in [6, 6.07) is 8.73. The van der Waals surface area contributed by atoms with Crippen LogP contribution in [0.5, 0.6) is 0 Å². The second-order valence-corrected chi connectivity index (χ2v) is 6.85. The minimum atomic E-state index is 0.670. The first-order valence-electron chi connectivity index (χ1n) is 6.17. The quantitative estimate of drug-likeness (QED) is 0.928. The van der Waals surface area contributed by atoms with Crippen LogP contribution in [-0.4, -0.2) is 16.8 Å². The Hall–Kier alpha value is -0.840. The number of hydrogen-bond donors (Lipinski definition) is 1. The average molecular weight is 276 g/mol. The summed E-state index contributed by atoms with van der Waals surface area (Å²) in [7, 11) is 0. The zero-order chi connectivity index (χ0) is 12.4. The Kier molecular flexibility index (Phi) is 3.68. The Balaban J connectivity index is 1.48. The lowest BCUT2D eigenvalue weighted by Gasteiger charge is -2.08. The highest BCUT2D eigenvalue weighted by Crippen LogP contribution is 2.36. The monoisotopic (exact) mass is 276 g/mol. The van der Waals surface area contributed by atoms with E-state index < -0.39 is 0 Å². The van der Waals surface area contributed by atoms with Crippen molar-refractivity contribution < 1.29 is 0 Å². The van der Waals surface area contributed by atoms with Crippen LogP contribution in [-0.2, 0) is 13.0 Å². The van der Waals surface area contributed by atoms with Gasteiger partial charge < -0.3 is 5.32 Å². The first-order valence-corrected chi connectivity index (χ1v) is 7.93. The highest BCUT2D eigenvalue weighted by atomic mass is 32.2. The fourth-order valence-electron chi connectivity index (χ4n) is 2.19. The number of nitrogens with zero attached hydrogens (tertiary/aromatic N) is 1. The third-order valence-corrected chi connectivity index (χ3v) is 5.31. The summed E-state index contributed by atoms with van der Waals surface area (Å²) in [4.78, 5) is 5.92. The second kappa shape index (κ2) is 5.43. The van der Waals surface area contributed by atoms with Gasteiger partial charge in [-0.2, -0.15) is 0 Å². The molecule has 18 heavy (non-hydrogen) atoms. The molecule has 0 aliphatic carbocycles. The van der Waals surface area contributed by atoms with Gasteiger partial charge in [0.15, 0.2) is 0 Å². The smallest absolute Gasteiger partial charge is 0.107 e. The molecule has 1 atom stereocenters. The molecule has 1 aromatic carbocycles. The lowest BCUT2D eigenvalue weighted by molar-refractivity contribution is 0.662. The number of aromatic nitrogens is 1. The van der Waals surface area contributed by atoms with Gasteiger partial charge in [-0.15, -0.1) is 23.1 Å². The van der Waals surface area contributed by atoms with Crippen molar-refractivity contribution in [3.63, 3.8) is 0 Å². The number of rotatable bonds is 4. The van der Waals surface area contributed by atoms with Crippen LogP contribution >= 0.6 is 23.1 Å². The fraction of sp³-hybridized carbons (Fsp3) is 0.357. The summed E-state index contributed by atoms with van der Waals surface area (Å²) in [5.74, 6) is 0. The summed E-state index contributed by atoms with van der Waals surface area (Å²) in [6.45, 7) is 3.99. The van der Waals surface area contributed by atoms with Crippen molar-refractivity contribution in [2.45, 2.75) is 30.0 Å². The van der Waals surface area contributed by atoms with Gasteiger partial charge in [0.05, 0.1) is 0 Å². The standard InChI is InChI=1S/C14H16N2S2/c1-10-9-17-14(16-10)8-15-7-12-6-11-4-2-3-5-13(11)18-12/h2-5,9,12,15H,6-8H2,1H3. The molecule has 1 unspecified atom stereocenters. The van der Waals surface area contributed by atoms with Gasteiger partial charge >= 0.3 is 0 Å². The van der Waals surface area contributed by atoms with Gasteiger partial charge in [0, 0.05) is 34.3 Å². The van der Waals surface area contributed by atoms with Crippen molar-refractivity contribution in [2.24, 2.45) is 0 Å². The van der Waals surface area contributed by atoms with Crippen molar-refractivity contribution in [1.82, 2.24) is 10.3 Å². The molecule has 2 aromatic rings. The van der Waals surface area contributed by atoms with Crippen molar-refractivity contribution >= 4 is 23.1 Å². The Morgan fingerprint density at radius 3 is 3.06 bits per heavy atom. The number of thiazole rings is 1. The lowest BCUT2D eigenvalue weighted by atomic mass is 10.1. The van der Waals surface area contributed by atoms with E-state index in [1.54, 1.807) is 11.3 Å². The maximum atomic E-state index is 4.46. The molecule has 1 aliphatic rings. The number of nitrogens with one attached hydrogen (secondary N) is 1. The van der Waals surface area contributed by atoms with Crippen LogP contribution in [0.2, 0.25) is 0 Å². The number of fused-ring (bicyclic) bond motifs is 1. The van der Waals surface area contributed by atoms with E-state index in [-0.39, 0.29) is 0 Å². The first-order chi connectivity index (χ1) is 8.81. The van der Waals surface area contributed by atoms with Gasteiger partial charge in [-0.25, -0.2) is 4.98 Å². The fourth-order valence-corrected chi connectivity index (χ4v) is 4.22. The molecule has 4 heteroatoms. The van der Waals surface area contributed by atoms with Crippen LogP contribution in [0.15, 0.2) is 34.5 Å². The Morgan fingerprint density at radius 1 is 1.39 bits per heavy atom. The van der Waals surface area contributed by atoms with Gasteiger partial charge in [0.2, 0.25) is 0 Å². The molecule has 0 bridgehead atoms. The Bertz CT molecular complexity index is 511. The molecule has 0 radical (unpaired) electrons. The van der Waals surface area contributed by atoms with E-state index in [1.165, 1.54) is 21.9 Å². The number of hydrogen-bond acceptors (Lipinski definition) is 4. The molecule has 3 rings (SSSR count). The highest BCUT2D eigenvalue weighted by molar-refractivity contribution is 8.00. The summed E-state index contributed by atoms with van der Waals surface area (Å²) in [5, 5.41) is 7.49. The molecule has 1 N–H and O–H groups in total. The Labute approximate surface area is 116 Å². The van der Waals surface area contributed by atoms with Gasteiger partial charge in [0.25, 0.3) is 0 Å². The molecule has 2 nitrogen and oxygen atoms in total. The van der Waals surface area contributed by atoms with E-state index in [0.29, 0.717) is 5.25 Å². The molecule has 94 valence electrons. The molecular weight excluding hydrogens is 260 g/mol. The molecule has 2 heterocycles. The van der Waals surface area contributed by atoms with Crippen molar-refractivity contribution in [3.8, 4) is 0 Å². The molecule has 0 fully saturated rings. The third kappa shape index (κ3) is 2.76. The number of aryl methyl sites for hydroxylation is 1. The van der Waals surface area contributed by atoms with Crippen LogP contribution in [0.1, 0.15) is 16.3 Å². The topological polar surface area (TPSA) is 24.9 Å². The molecule has 0 saturated heterocycles. The molecule has 0 amide bonds. The van der Waals surface area contributed by atoms with Gasteiger partial charge in [-0.1, -0.05) is 18.2 Å². The zero-order valence-electron chi connectivity index (χ0n) is 10.3. The van der Waals surface area contributed by atoms with Gasteiger partial charge in [-0.05, 0) is 25.0 Å². The zero-order valence-corrected chi connectivity index (χ0v) is 12.0. The van der Waals surface area contributed by atoms with E-state index >= 15 is 0 Å². The van der Waals surface area contributed by atoms with Crippen LogP contribution in [0.3, 0.4) is 0 Å². The molecular formula is C14H16N2S2. The van der Waals surface area contributed by atoms with Crippen molar-refractivity contribution in [1.29, 1.82) is 0 Å². The van der Waals surface area contributed by atoms with E-state index in [9.17, 15) is 0 Å². The minimum absolute atomic E-state index is 0.670. The summed E-state index contributed by atoms with van der Waals surface area (Å²) in [5.41, 5.74) is 2.62. The van der Waals surface area contributed by atoms with Crippen LogP contribution in [0, 0.1) is 6.92 Å². The van der Waals surface area contributed by atoms with E-state index in [2.05, 4.69) is 39.9 Å². The van der Waals surface area contributed by atoms with E-state index in [1.807, 2.05) is 18.7 Å². The Morgan fingerprint density at radius 2 is 2.28 bits per heavy atom. The number of benzene rings is 1. The largest absolute Gasteiger partial charge is 0.309 e. The SMILES string of the molecule is Cc1csc(CNCC2Cc3ccccc3S2)n1.